The summed E-state index contributed by atoms with van der Waals surface area (Å²) in [5.41, 5.74) is -0.727. The second-order valence-electron chi connectivity index (χ2n) is 4.46. The molecule has 1 aliphatic rings. The van der Waals surface area contributed by atoms with Gasteiger partial charge in [-0.2, -0.15) is 0 Å². The number of amides is 1. The lowest BCUT2D eigenvalue weighted by atomic mass is 10.1. The van der Waals surface area contributed by atoms with Crippen LogP contribution in [0.25, 0.3) is 0 Å². The van der Waals surface area contributed by atoms with Crippen molar-refractivity contribution in [2.75, 3.05) is 16.8 Å². The van der Waals surface area contributed by atoms with Gasteiger partial charge in [0.05, 0.1) is 10.5 Å². The standard InChI is InChI=1S/C12H11BrN2O5/c13-5-7-4-10(16)14(6-7)11-8(12(17)18)2-1-3-9(11)15(19)20/h1-3,7H,4-6H2,(H,17,18). The molecule has 1 fully saturated rings. The first-order valence-electron chi connectivity index (χ1n) is 5.82. The van der Waals surface area contributed by atoms with E-state index in [-0.39, 0.29) is 41.7 Å². The number of carbonyl (C=O) groups excluding carboxylic acids is 1. The largest absolute Gasteiger partial charge is 0.478 e. The number of benzene rings is 1. The van der Waals surface area contributed by atoms with Crippen LogP contribution >= 0.6 is 15.9 Å². The molecule has 0 aliphatic carbocycles. The lowest BCUT2D eigenvalue weighted by Gasteiger charge is -2.18. The third-order valence-electron chi connectivity index (χ3n) is 3.14. The van der Waals surface area contributed by atoms with Crippen LogP contribution in [0.4, 0.5) is 11.4 Å². The fourth-order valence-electron chi connectivity index (χ4n) is 2.24. The van der Waals surface area contributed by atoms with Crippen molar-refractivity contribution < 1.29 is 19.6 Å². The average Bonchev–Trinajstić information content (AvgIpc) is 2.78. The van der Waals surface area contributed by atoms with Crippen LogP contribution in [0, 0.1) is 16.0 Å². The quantitative estimate of drug-likeness (QED) is 0.512. The molecule has 2 rings (SSSR count). The molecule has 7 nitrogen and oxygen atoms in total. The summed E-state index contributed by atoms with van der Waals surface area (Å²) < 4.78 is 0. The lowest BCUT2D eigenvalue weighted by molar-refractivity contribution is -0.384. The molecule has 1 N–H and O–H groups in total. The number of anilines is 1. The molecule has 8 heteroatoms. The summed E-state index contributed by atoms with van der Waals surface area (Å²) in [4.78, 5) is 34.8. The van der Waals surface area contributed by atoms with Crippen LogP contribution in [0.2, 0.25) is 0 Å². The van der Waals surface area contributed by atoms with Crippen molar-refractivity contribution in [3.63, 3.8) is 0 Å². The molecule has 1 unspecified atom stereocenters. The zero-order valence-corrected chi connectivity index (χ0v) is 11.9. The lowest BCUT2D eigenvalue weighted by Crippen LogP contribution is -2.27. The van der Waals surface area contributed by atoms with Crippen LogP contribution in [-0.4, -0.2) is 33.8 Å². The number of halogens is 1. The van der Waals surface area contributed by atoms with Crippen molar-refractivity contribution in [2.45, 2.75) is 6.42 Å². The maximum absolute atomic E-state index is 12.0. The van der Waals surface area contributed by atoms with Gasteiger partial charge < -0.3 is 10.0 Å². The van der Waals surface area contributed by atoms with Crippen molar-refractivity contribution in [1.29, 1.82) is 0 Å². The minimum absolute atomic E-state index is 0.0176. The molecule has 0 spiro atoms. The Hall–Kier alpha value is -1.96. The summed E-state index contributed by atoms with van der Waals surface area (Å²) in [7, 11) is 0. The van der Waals surface area contributed by atoms with E-state index in [4.69, 9.17) is 0 Å². The molecule has 1 aromatic carbocycles. The molecule has 1 heterocycles. The van der Waals surface area contributed by atoms with Crippen molar-refractivity contribution in [3.05, 3.63) is 33.9 Å². The summed E-state index contributed by atoms with van der Waals surface area (Å²) in [5, 5.41) is 20.8. The Balaban J connectivity index is 2.56. The number of hydrogen-bond acceptors (Lipinski definition) is 4. The first-order valence-corrected chi connectivity index (χ1v) is 6.95. The smallest absolute Gasteiger partial charge is 0.338 e. The molecule has 0 radical (unpaired) electrons. The van der Waals surface area contributed by atoms with E-state index in [0.717, 1.165) is 0 Å². The van der Waals surface area contributed by atoms with E-state index in [1.54, 1.807) is 0 Å². The monoisotopic (exact) mass is 342 g/mol. The second kappa shape index (κ2) is 5.58. The minimum atomic E-state index is -1.29. The highest BCUT2D eigenvalue weighted by Crippen LogP contribution is 2.36. The van der Waals surface area contributed by atoms with E-state index in [0.29, 0.717) is 5.33 Å². The van der Waals surface area contributed by atoms with Crippen LogP contribution < -0.4 is 4.90 Å². The summed E-state index contributed by atoms with van der Waals surface area (Å²) in [6, 6.07) is 3.77. The zero-order chi connectivity index (χ0) is 14.9. The van der Waals surface area contributed by atoms with Crippen molar-refractivity contribution in [3.8, 4) is 0 Å². The second-order valence-corrected chi connectivity index (χ2v) is 5.11. The maximum Gasteiger partial charge on any atom is 0.338 e. The van der Waals surface area contributed by atoms with E-state index >= 15 is 0 Å². The van der Waals surface area contributed by atoms with Crippen molar-refractivity contribution >= 4 is 39.2 Å². The van der Waals surface area contributed by atoms with Gasteiger partial charge >= 0.3 is 5.97 Å². The predicted octanol–water partition coefficient (Wildman–Crippen LogP) is 2.04. The average molecular weight is 343 g/mol. The van der Waals surface area contributed by atoms with Crippen LogP contribution in [0.15, 0.2) is 18.2 Å². The van der Waals surface area contributed by atoms with Gasteiger partial charge in [0, 0.05) is 24.4 Å². The maximum atomic E-state index is 12.0. The van der Waals surface area contributed by atoms with Gasteiger partial charge in [0.1, 0.15) is 5.69 Å². The van der Waals surface area contributed by atoms with Crippen LogP contribution in [0.1, 0.15) is 16.8 Å². The summed E-state index contributed by atoms with van der Waals surface area (Å²) in [5.74, 6) is -1.58. The number of nitro benzene ring substituents is 1. The number of nitrogens with zero attached hydrogens (tertiary/aromatic N) is 2. The topological polar surface area (TPSA) is 101 Å². The normalized spacial score (nSPS) is 18.4. The first-order chi connectivity index (χ1) is 9.45. The van der Waals surface area contributed by atoms with Gasteiger partial charge in [-0.3, -0.25) is 14.9 Å². The molecular weight excluding hydrogens is 332 g/mol. The Morgan fingerprint density at radius 1 is 1.55 bits per heavy atom. The summed E-state index contributed by atoms with van der Waals surface area (Å²) in [6.07, 6.45) is 0.246. The third kappa shape index (κ3) is 2.51. The number of carbonyl (C=O) groups is 2. The van der Waals surface area contributed by atoms with E-state index in [1.165, 1.54) is 23.1 Å². The molecule has 0 bridgehead atoms. The number of aromatic carboxylic acids is 1. The third-order valence-corrected chi connectivity index (χ3v) is 4.05. The van der Waals surface area contributed by atoms with Gasteiger partial charge in [-0.25, -0.2) is 4.79 Å². The van der Waals surface area contributed by atoms with Crippen LogP contribution in [0.3, 0.4) is 0 Å². The molecule has 1 amide bonds. The first kappa shape index (κ1) is 14.4. The number of alkyl halides is 1. The fourth-order valence-corrected chi connectivity index (χ4v) is 2.67. The Bertz CT molecular complexity index is 557. The minimum Gasteiger partial charge on any atom is -0.478 e. The molecule has 1 atom stereocenters. The predicted molar refractivity (Wildman–Crippen MR) is 74.3 cm³/mol. The molecule has 106 valence electrons. The van der Waals surface area contributed by atoms with Gasteiger partial charge in [-0.15, -0.1) is 0 Å². The molecule has 1 aromatic rings. The Morgan fingerprint density at radius 3 is 2.75 bits per heavy atom. The molecule has 1 saturated heterocycles. The number of rotatable bonds is 4. The fraction of sp³-hybridized carbons (Fsp3) is 0.333. The van der Waals surface area contributed by atoms with E-state index < -0.39 is 10.9 Å². The number of para-hydroxylation sites is 1. The van der Waals surface area contributed by atoms with E-state index in [1.807, 2.05) is 0 Å². The highest BCUT2D eigenvalue weighted by atomic mass is 79.9. The zero-order valence-electron chi connectivity index (χ0n) is 10.3. The SMILES string of the molecule is O=C(O)c1cccc([N+](=O)[O-])c1N1CC(CBr)CC1=O. The van der Waals surface area contributed by atoms with E-state index in [2.05, 4.69) is 15.9 Å². The summed E-state index contributed by atoms with van der Waals surface area (Å²) in [6.45, 7) is 0.273. The summed E-state index contributed by atoms with van der Waals surface area (Å²) >= 11 is 3.27. The van der Waals surface area contributed by atoms with Gasteiger partial charge in [-0.05, 0) is 12.0 Å². The van der Waals surface area contributed by atoms with Crippen LogP contribution in [-0.2, 0) is 4.79 Å². The Labute approximate surface area is 122 Å². The van der Waals surface area contributed by atoms with Gasteiger partial charge in [-0.1, -0.05) is 22.0 Å². The molecule has 0 aromatic heterocycles. The Kier molecular flexibility index (Phi) is 4.03. The molecule has 20 heavy (non-hydrogen) atoms. The number of hydrogen-bond donors (Lipinski definition) is 1. The van der Waals surface area contributed by atoms with Gasteiger partial charge in [0.25, 0.3) is 5.69 Å². The van der Waals surface area contributed by atoms with E-state index in [9.17, 15) is 24.8 Å². The highest BCUT2D eigenvalue weighted by molar-refractivity contribution is 9.09. The number of carboxylic acids is 1. The van der Waals surface area contributed by atoms with Gasteiger partial charge in [0.15, 0.2) is 0 Å². The van der Waals surface area contributed by atoms with Gasteiger partial charge in [0.2, 0.25) is 5.91 Å². The molecule has 0 saturated carbocycles. The molecule has 1 aliphatic heterocycles. The number of carboxylic acid groups (broad SMARTS) is 1. The highest BCUT2D eigenvalue weighted by Gasteiger charge is 2.36. The number of nitro groups is 1. The van der Waals surface area contributed by atoms with Crippen LogP contribution in [0.5, 0.6) is 0 Å². The molecular formula is C12H11BrN2O5. The Morgan fingerprint density at radius 2 is 2.25 bits per heavy atom. The van der Waals surface area contributed by atoms with Crippen molar-refractivity contribution in [1.82, 2.24) is 0 Å². The van der Waals surface area contributed by atoms with Crippen molar-refractivity contribution in [2.24, 2.45) is 5.92 Å².